The lowest BCUT2D eigenvalue weighted by atomic mass is 10.0. The Kier molecular flexibility index (Phi) is 5.21. The molecule has 0 aliphatic heterocycles. The van der Waals surface area contributed by atoms with Crippen LogP contribution in [-0.4, -0.2) is 22.8 Å². The molecule has 3 nitrogen and oxygen atoms in total. The molecule has 1 aromatic carbocycles. The number of hydrogen-bond donors (Lipinski definition) is 2. The number of aliphatic hydroxyl groups excluding tert-OH is 1. The first-order valence-electron chi connectivity index (χ1n) is 7.53. The zero-order chi connectivity index (χ0) is 14.5. The molecule has 1 atom stereocenters. The predicted octanol–water partition coefficient (Wildman–Crippen LogP) is 2.98. The minimum absolute atomic E-state index is 0.285. The number of aromatic nitrogens is 1. The second kappa shape index (κ2) is 6.91. The van der Waals surface area contributed by atoms with Crippen molar-refractivity contribution in [2.45, 2.75) is 33.2 Å². The van der Waals surface area contributed by atoms with E-state index in [9.17, 15) is 0 Å². The van der Waals surface area contributed by atoms with Crippen molar-refractivity contribution < 1.29 is 5.11 Å². The monoisotopic (exact) mass is 274 g/mol. The maximum absolute atomic E-state index is 9.04. The number of fused-ring (bicyclic) bond motifs is 1. The average molecular weight is 274 g/mol. The molecule has 2 aromatic rings. The van der Waals surface area contributed by atoms with Gasteiger partial charge in [-0.05, 0) is 37.4 Å². The quantitative estimate of drug-likeness (QED) is 0.814. The highest BCUT2D eigenvalue weighted by Crippen LogP contribution is 2.24. The maximum Gasteiger partial charge on any atom is 0.0483 e. The van der Waals surface area contributed by atoms with Gasteiger partial charge in [0.15, 0.2) is 0 Å². The fourth-order valence-electron chi connectivity index (χ4n) is 2.91. The number of para-hydroxylation sites is 1. The number of rotatable bonds is 7. The van der Waals surface area contributed by atoms with E-state index in [1.165, 1.54) is 22.2 Å². The topological polar surface area (TPSA) is 37.2 Å². The van der Waals surface area contributed by atoms with Gasteiger partial charge in [-0.25, -0.2) is 0 Å². The van der Waals surface area contributed by atoms with Gasteiger partial charge in [-0.1, -0.05) is 31.5 Å². The molecule has 0 aliphatic carbocycles. The molecule has 2 rings (SSSR count). The Balaban J connectivity index is 2.06. The summed E-state index contributed by atoms with van der Waals surface area (Å²) in [6.45, 7) is 6.53. The van der Waals surface area contributed by atoms with Gasteiger partial charge in [0, 0.05) is 36.8 Å². The molecule has 0 radical (unpaired) electrons. The van der Waals surface area contributed by atoms with Crippen molar-refractivity contribution in [3.05, 3.63) is 35.5 Å². The van der Waals surface area contributed by atoms with Crippen LogP contribution in [0.4, 0.5) is 0 Å². The van der Waals surface area contributed by atoms with Gasteiger partial charge < -0.3 is 15.0 Å². The highest BCUT2D eigenvalue weighted by atomic mass is 16.3. The summed E-state index contributed by atoms with van der Waals surface area (Å²) in [5.41, 5.74) is 4.01. The molecular weight excluding hydrogens is 248 g/mol. The van der Waals surface area contributed by atoms with E-state index in [1.807, 2.05) is 0 Å². The van der Waals surface area contributed by atoms with Crippen LogP contribution in [0.1, 0.15) is 31.0 Å². The van der Waals surface area contributed by atoms with Crippen molar-refractivity contribution in [1.29, 1.82) is 0 Å². The number of nitrogens with zero attached hydrogens (tertiary/aromatic N) is 1. The van der Waals surface area contributed by atoms with Gasteiger partial charge >= 0.3 is 0 Å². The molecule has 0 amide bonds. The van der Waals surface area contributed by atoms with Crippen molar-refractivity contribution in [2.24, 2.45) is 13.0 Å². The molecule has 1 aromatic heterocycles. The third-order valence-corrected chi connectivity index (χ3v) is 4.35. The number of aliphatic hydroxyl groups is 1. The lowest BCUT2D eigenvalue weighted by Crippen LogP contribution is -2.24. The highest BCUT2D eigenvalue weighted by Gasteiger charge is 2.11. The van der Waals surface area contributed by atoms with Crippen LogP contribution in [0.3, 0.4) is 0 Å². The molecule has 20 heavy (non-hydrogen) atoms. The Morgan fingerprint density at radius 1 is 1.30 bits per heavy atom. The smallest absolute Gasteiger partial charge is 0.0483 e. The normalized spacial score (nSPS) is 13.0. The van der Waals surface area contributed by atoms with Crippen molar-refractivity contribution in [1.82, 2.24) is 9.88 Å². The molecular formula is C17H26N2O. The average Bonchev–Trinajstić information content (AvgIpc) is 2.71. The Morgan fingerprint density at radius 3 is 2.70 bits per heavy atom. The summed E-state index contributed by atoms with van der Waals surface area (Å²) in [6.07, 6.45) is 2.00. The van der Waals surface area contributed by atoms with E-state index in [1.54, 1.807) is 0 Å². The molecule has 2 N–H and O–H groups in total. The van der Waals surface area contributed by atoms with Gasteiger partial charge in [0.05, 0.1) is 0 Å². The first kappa shape index (κ1) is 15.1. The number of aryl methyl sites for hydroxylation is 2. The highest BCUT2D eigenvalue weighted by molar-refractivity contribution is 5.85. The van der Waals surface area contributed by atoms with Crippen LogP contribution in [0.15, 0.2) is 24.3 Å². The molecule has 110 valence electrons. The number of nitrogens with one attached hydrogen (secondary N) is 1. The van der Waals surface area contributed by atoms with Crippen molar-refractivity contribution in [3.63, 3.8) is 0 Å². The third-order valence-electron chi connectivity index (χ3n) is 4.35. The van der Waals surface area contributed by atoms with Crippen LogP contribution in [0.2, 0.25) is 0 Å². The lowest BCUT2D eigenvalue weighted by molar-refractivity contribution is 0.251. The zero-order valence-electron chi connectivity index (χ0n) is 12.8. The fraction of sp³-hybridized carbons (Fsp3) is 0.529. The molecule has 0 spiro atoms. The summed E-state index contributed by atoms with van der Waals surface area (Å²) in [6, 6.07) is 8.55. The Hall–Kier alpha value is -1.32. The molecule has 1 heterocycles. The second-order valence-electron chi connectivity index (χ2n) is 5.57. The van der Waals surface area contributed by atoms with Crippen molar-refractivity contribution in [2.75, 3.05) is 13.2 Å². The van der Waals surface area contributed by atoms with E-state index < -0.39 is 0 Å². The lowest BCUT2D eigenvalue weighted by Gasteiger charge is -2.15. The van der Waals surface area contributed by atoms with E-state index >= 15 is 0 Å². The van der Waals surface area contributed by atoms with Crippen LogP contribution in [-0.2, 0) is 13.6 Å². The summed E-state index contributed by atoms with van der Waals surface area (Å²) >= 11 is 0. The first-order chi connectivity index (χ1) is 9.69. The van der Waals surface area contributed by atoms with Crippen LogP contribution in [0.25, 0.3) is 10.9 Å². The molecule has 1 unspecified atom stereocenters. The zero-order valence-corrected chi connectivity index (χ0v) is 12.8. The number of hydrogen-bond acceptors (Lipinski definition) is 2. The Labute approximate surface area is 121 Å². The minimum Gasteiger partial charge on any atom is -0.396 e. The predicted molar refractivity (Wildman–Crippen MR) is 84.8 cm³/mol. The van der Waals surface area contributed by atoms with Crippen molar-refractivity contribution >= 4 is 10.9 Å². The largest absolute Gasteiger partial charge is 0.396 e. The van der Waals surface area contributed by atoms with E-state index in [4.69, 9.17) is 5.11 Å². The molecule has 0 saturated carbocycles. The third kappa shape index (κ3) is 3.05. The van der Waals surface area contributed by atoms with E-state index in [0.717, 1.165) is 25.9 Å². The van der Waals surface area contributed by atoms with Gasteiger partial charge in [-0.3, -0.25) is 0 Å². The summed E-state index contributed by atoms with van der Waals surface area (Å²) < 4.78 is 2.28. The van der Waals surface area contributed by atoms with Gasteiger partial charge in [0.1, 0.15) is 0 Å². The molecule has 0 fully saturated rings. The SMILES string of the molecule is CCC(CCO)CNCc1c(C)c2ccccc2n1C. The van der Waals surface area contributed by atoms with Gasteiger partial charge in [-0.2, -0.15) is 0 Å². The molecule has 0 aliphatic rings. The fourth-order valence-corrected chi connectivity index (χ4v) is 2.91. The maximum atomic E-state index is 9.04. The minimum atomic E-state index is 0.285. The summed E-state index contributed by atoms with van der Waals surface area (Å²) in [7, 11) is 2.14. The standard InChI is InChI=1S/C17H26N2O/c1-4-14(9-10-20)11-18-12-17-13(2)15-7-5-6-8-16(15)19(17)3/h5-8,14,18,20H,4,9-12H2,1-3H3. The van der Waals surface area contributed by atoms with Crippen LogP contribution >= 0.6 is 0 Å². The van der Waals surface area contributed by atoms with Crippen LogP contribution in [0, 0.1) is 12.8 Å². The first-order valence-corrected chi connectivity index (χ1v) is 7.53. The number of benzene rings is 1. The second-order valence-corrected chi connectivity index (χ2v) is 5.57. The van der Waals surface area contributed by atoms with Crippen LogP contribution < -0.4 is 5.32 Å². The van der Waals surface area contributed by atoms with Gasteiger partial charge in [0.2, 0.25) is 0 Å². The Bertz CT molecular complexity index is 520. The molecule has 3 heteroatoms. The summed E-state index contributed by atoms with van der Waals surface area (Å²) in [4.78, 5) is 0. The molecule has 0 bridgehead atoms. The van der Waals surface area contributed by atoms with E-state index in [2.05, 4.69) is 55.0 Å². The van der Waals surface area contributed by atoms with Gasteiger partial charge in [-0.15, -0.1) is 0 Å². The summed E-state index contributed by atoms with van der Waals surface area (Å²) in [5.74, 6) is 0.565. The van der Waals surface area contributed by atoms with Crippen molar-refractivity contribution in [3.8, 4) is 0 Å². The molecule has 0 saturated heterocycles. The summed E-state index contributed by atoms with van der Waals surface area (Å²) in [5, 5.41) is 13.9. The Morgan fingerprint density at radius 2 is 2.05 bits per heavy atom. The van der Waals surface area contributed by atoms with Gasteiger partial charge in [0.25, 0.3) is 0 Å². The van der Waals surface area contributed by atoms with Crippen LogP contribution in [0.5, 0.6) is 0 Å². The van der Waals surface area contributed by atoms with E-state index in [0.29, 0.717) is 5.92 Å². The van der Waals surface area contributed by atoms with E-state index in [-0.39, 0.29) is 6.61 Å².